The zero-order valence-corrected chi connectivity index (χ0v) is 11.9. The number of anilines is 1. The molecule has 94 valence electrons. The van der Waals surface area contributed by atoms with Crippen molar-refractivity contribution in [3.05, 3.63) is 71.0 Å². The van der Waals surface area contributed by atoms with E-state index in [9.17, 15) is 0 Å². The molecule has 3 aromatic rings. The molecule has 0 saturated carbocycles. The van der Waals surface area contributed by atoms with Crippen LogP contribution in [0.5, 0.6) is 0 Å². The highest BCUT2D eigenvalue weighted by Crippen LogP contribution is 2.21. The quantitative estimate of drug-likeness (QED) is 0.764. The lowest BCUT2D eigenvalue weighted by Crippen LogP contribution is -2.00. The number of aromatic nitrogens is 1. The first-order valence-electron chi connectivity index (χ1n) is 6.14. The van der Waals surface area contributed by atoms with Crippen molar-refractivity contribution >= 4 is 32.4 Å². The van der Waals surface area contributed by atoms with Crippen LogP contribution in [0.1, 0.15) is 5.56 Å². The predicted molar refractivity (Wildman–Crippen MR) is 83.2 cm³/mol. The highest BCUT2D eigenvalue weighted by molar-refractivity contribution is 9.10. The molecule has 0 saturated heterocycles. The SMILES string of the molecule is Brc1ccncc1NCc1ccc2ccccc2c1. The summed E-state index contributed by atoms with van der Waals surface area (Å²) < 4.78 is 1.03. The van der Waals surface area contributed by atoms with Gasteiger partial charge >= 0.3 is 0 Å². The van der Waals surface area contributed by atoms with Gasteiger partial charge < -0.3 is 5.32 Å². The van der Waals surface area contributed by atoms with Gasteiger partial charge in [0.1, 0.15) is 0 Å². The average Bonchev–Trinajstić information content (AvgIpc) is 2.46. The van der Waals surface area contributed by atoms with Crippen molar-refractivity contribution in [2.75, 3.05) is 5.32 Å². The summed E-state index contributed by atoms with van der Waals surface area (Å²) in [5.74, 6) is 0. The lowest BCUT2D eigenvalue weighted by Gasteiger charge is -2.08. The van der Waals surface area contributed by atoms with Crippen molar-refractivity contribution in [1.82, 2.24) is 4.98 Å². The Morgan fingerprint density at radius 2 is 1.84 bits per heavy atom. The Hall–Kier alpha value is -1.87. The van der Waals surface area contributed by atoms with Crippen molar-refractivity contribution in [3.8, 4) is 0 Å². The van der Waals surface area contributed by atoms with Crippen molar-refractivity contribution in [2.24, 2.45) is 0 Å². The number of hydrogen-bond donors (Lipinski definition) is 1. The van der Waals surface area contributed by atoms with Crippen LogP contribution in [0.2, 0.25) is 0 Å². The van der Waals surface area contributed by atoms with Crippen molar-refractivity contribution in [1.29, 1.82) is 0 Å². The Balaban J connectivity index is 1.80. The van der Waals surface area contributed by atoms with Crippen molar-refractivity contribution in [3.63, 3.8) is 0 Å². The first-order chi connectivity index (χ1) is 9.33. The van der Waals surface area contributed by atoms with Crippen molar-refractivity contribution < 1.29 is 0 Å². The Morgan fingerprint density at radius 3 is 2.68 bits per heavy atom. The maximum atomic E-state index is 4.12. The highest BCUT2D eigenvalue weighted by Gasteiger charge is 2.00. The number of fused-ring (bicyclic) bond motifs is 1. The molecular weight excluding hydrogens is 300 g/mol. The fourth-order valence-corrected chi connectivity index (χ4v) is 2.41. The van der Waals surface area contributed by atoms with Gasteiger partial charge in [0, 0.05) is 17.2 Å². The molecular formula is C16H13BrN2. The van der Waals surface area contributed by atoms with Crippen molar-refractivity contribution in [2.45, 2.75) is 6.54 Å². The summed E-state index contributed by atoms with van der Waals surface area (Å²) in [5, 5.41) is 5.93. The third-order valence-corrected chi connectivity index (χ3v) is 3.76. The molecule has 0 bridgehead atoms. The topological polar surface area (TPSA) is 24.9 Å². The molecule has 0 fully saturated rings. The fraction of sp³-hybridized carbons (Fsp3) is 0.0625. The molecule has 0 unspecified atom stereocenters. The minimum absolute atomic E-state index is 0.787. The summed E-state index contributed by atoms with van der Waals surface area (Å²) in [4.78, 5) is 4.12. The second-order valence-electron chi connectivity index (χ2n) is 4.39. The Bertz CT molecular complexity index is 710. The predicted octanol–water partition coefficient (Wildman–Crippen LogP) is 4.61. The maximum Gasteiger partial charge on any atom is 0.0673 e. The zero-order chi connectivity index (χ0) is 13.1. The van der Waals surface area contributed by atoms with Crippen LogP contribution in [0.3, 0.4) is 0 Å². The summed E-state index contributed by atoms with van der Waals surface area (Å²) in [5.41, 5.74) is 2.27. The number of hydrogen-bond acceptors (Lipinski definition) is 2. The van der Waals surface area contributed by atoms with E-state index in [0.29, 0.717) is 0 Å². The van der Waals surface area contributed by atoms with Gasteiger partial charge in [-0.05, 0) is 44.4 Å². The molecule has 0 aliphatic heterocycles. The zero-order valence-electron chi connectivity index (χ0n) is 10.3. The number of halogens is 1. The fourth-order valence-electron chi connectivity index (χ4n) is 2.05. The van der Waals surface area contributed by atoms with Crippen LogP contribution in [0.25, 0.3) is 10.8 Å². The van der Waals surface area contributed by atoms with E-state index in [1.807, 2.05) is 12.3 Å². The molecule has 0 atom stereocenters. The van der Waals surface area contributed by atoms with Crippen LogP contribution < -0.4 is 5.32 Å². The number of pyridine rings is 1. The second kappa shape index (κ2) is 5.41. The lowest BCUT2D eigenvalue weighted by atomic mass is 10.1. The summed E-state index contributed by atoms with van der Waals surface area (Å²) in [6, 6.07) is 16.9. The largest absolute Gasteiger partial charge is 0.379 e. The second-order valence-corrected chi connectivity index (χ2v) is 5.24. The first kappa shape index (κ1) is 12.2. The van der Waals surface area contributed by atoms with Gasteiger partial charge in [-0.15, -0.1) is 0 Å². The third kappa shape index (κ3) is 2.76. The minimum Gasteiger partial charge on any atom is -0.379 e. The lowest BCUT2D eigenvalue weighted by molar-refractivity contribution is 1.14. The van der Waals surface area contributed by atoms with E-state index in [-0.39, 0.29) is 0 Å². The molecule has 19 heavy (non-hydrogen) atoms. The molecule has 1 heterocycles. The third-order valence-electron chi connectivity index (χ3n) is 3.06. The van der Waals surface area contributed by atoms with Crippen LogP contribution in [0.15, 0.2) is 65.4 Å². The molecule has 1 aromatic heterocycles. The van der Waals surface area contributed by atoms with E-state index in [1.165, 1.54) is 16.3 Å². The maximum absolute atomic E-state index is 4.12. The van der Waals surface area contributed by atoms with E-state index in [1.54, 1.807) is 6.20 Å². The molecule has 0 aliphatic carbocycles. The normalized spacial score (nSPS) is 10.6. The molecule has 1 N–H and O–H groups in total. The Kier molecular flexibility index (Phi) is 3.47. The molecule has 3 heteroatoms. The number of rotatable bonds is 3. The van der Waals surface area contributed by atoms with Gasteiger partial charge in [0.05, 0.1) is 11.9 Å². The molecule has 2 aromatic carbocycles. The summed E-state index contributed by atoms with van der Waals surface area (Å²) >= 11 is 3.51. The van der Waals surface area contributed by atoms with E-state index < -0.39 is 0 Å². The standard InChI is InChI=1S/C16H13BrN2/c17-15-7-8-18-11-16(15)19-10-12-5-6-13-3-1-2-4-14(13)9-12/h1-9,11,19H,10H2. The van der Waals surface area contributed by atoms with E-state index in [4.69, 9.17) is 0 Å². The average molecular weight is 313 g/mol. The first-order valence-corrected chi connectivity index (χ1v) is 6.93. The van der Waals surface area contributed by atoms with Gasteiger partial charge in [-0.2, -0.15) is 0 Å². The number of nitrogens with one attached hydrogen (secondary N) is 1. The summed E-state index contributed by atoms with van der Waals surface area (Å²) in [6.07, 6.45) is 3.59. The Morgan fingerprint density at radius 1 is 1.00 bits per heavy atom. The van der Waals surface area contributed by atoms with Gasteiger partial charge in [0.25, 0.3) is 0 Å². The minimum atomic E-state index is 0.787. The number of benzene rings is 2. The monoisotopic (exact) mass is 312 g/mol. The molecule has 0 spiro atoms. The van der Waals surface area contributed by atoms with Gasteiger partial charge in [-0.3, -0.25) is 4.98 Å². The molecule has 3 rings (SSSR count). The smallest absolute Gasteiger partial charge is 0.0673 e. The Labute approximate surface area is 120 Å². The highest BCUT2D eigenvalue weighted by atomic mass is 79.9. The van der Waals surface area contributed by atoms with Gasteiger partial charge in [0.2, 0.25) is 0 Å². The molecule has 0 amide bonds. The van der Waals surface area contributed by atoms with Crippen LogP contribution in [-0.2, 0) is 6.54 Å². The van der Waals surface area contributed by atoms with Crippen LogP contribution in [-0.4, -0.2) is 4.98 Å². The van der Waals surface area contributed by atoms with Crippen LogP contribution in [0, 0.1) is 0 Å². The summed E-state index contributed by atoms with van der Waals surface area (Å²) in [7, 11) is 0. The van der Waals surface area contributed by atoms with Crippen LogP contribution in [0.4, 0.5) is 5.69 Å². The van der Waals surface area contributed by atoms with E-state index in [2.05, 4.69) is 68.7 Å². The number of nitrogens with zero attached hydrogens (tertiary/aromatic N) is 1. The molecule has 2 nitrogen and oxygen atoms in total. The molecule has 0 radical (unpaired) electrons. The molecule has 0 aliphatic rings. The van der Waals surface area contributed by atoms with E-state index in [0.717, 1.165) is 16.7 Å². The van der Waals surface area contributed by atoms with Gasteiger partial charge in [-0.1, -0.05) is 36.4 Å². The van der Waals surface area contributed by atoms with Gasteiger partial charge in [0.15, 0.2) is 0 Å². The van der Waals surface area contributed by atoms with E-state index >= 15 is 0 Å². The summed E-state index contributed by atoms with van der Waals surface area (Å²) in [6.45, 7) is 0.787. The van der Waals surface area contributed by atoms with Gasteiger partial charge in [-0.25, -0.2) is 0 Å². The van der Waals surface area contributed by atoms with Crippen LogP contribution >= 0.6 is 15.9 Å².